The molecule has 1 N–H and O–H groups in total. The molecule has 0 spiro atoms. The van der Waals surface area contributed by atoms with Crippen molar-refractivity contribution in [3.63, 3.8) is 0 Å². The van der Waals surface area contributed by atoms with Crippen LogP contribution in [0.15, 0.2) is 0 Å². The number of hydrogen-bond acceptors (Lipinski definition) is 2. The maximum absolute atomic E-state index is 11.2. The predicted octanol–water partition coefficient (Wildman–Crippen LogP) is 2.01. The van der Waals surface area contributed by atoms with Crippen LogP contribution in [0.4, 0.5) is 0 Å². The van der Waals surface area contributed by atoms with Crippen LogP contribution < -0.4 is 0 Å². The lowest BCUT2D eigenvalue weighted by atomic mass is 9.85. The van der Waals surface area contributed by atoms with Gasteiger partial charge in [0.15, 0.2) is 0 Å². The fourth-order valence-electron chi connectivity index (χ4n) is 0.732. The van der Waals surface area contributed by atoms with Gasteiger partial charge in [-0.1, -0.05) is 34.6 Å². The molecule has 1 atom stereocenters. The molecule has 0 heterocycles. The van der Waals surface area contributed by atoms with E-state index in [2.05, 4.69) is 0 Å². The van der Waals surface area contributed by atoms with Gasteiger partial charge in [-0.15, -0.1) is 0 Å². The molecular formula is C10H20O2. The number of aliphatic hydroxyl groups is 1. The normalized spacial score (nSPS) is 14.9. The van der Waals surface area contributed by atoms with Gasteiger partial charge in [-0.05, 0) is 5.41 Å². The Bertz CT molecular complexity index is 154. The zero-order valence-corrected chi connectivity index (χ0v) is 8.72. The molecule has 0 aromatic heterocycles. The minimum atomic E-state index is -0.521. The first kappa shape index (κ1) is 11.6. The molecule has 2 nitrogen and oxygen atoms in total. The van der Waals surface area contributed by atoms with Crippen LogP contribution in [0, 0.1) is 11.3 Å². The minimum absolute atomic E-state index is 0.0296. The molecule has 2 heteroatoms. The highest BCUT2D eigenvalue weighted by Crippen LogP contribution is 2.22. The average molecular weight is 172 g/mol. The van der Waals surface area contributed by atoms with Gasteiger partial charge >= 0.3 is 0 Å². The fraction of sp³-hybridized carbons (Fsp3) is 0.900. The zero-order chi connectivity index (χ0) is 9.94. The molecule has 0 saturated heterocycles. The first-order valence-corrected chi connectivity index (χ1v) is 4.46. The zero-order valence-electron chi connectivity index (χ0n) is 8.72. The van der Waals surface area contributed by atoms with Crippen molar-refractivity contribution in [2.75, 3.05) is 0 Å². The Morgan fingerprint density at radius 2 is 1.75 bits per heavy atom. The molecule has 0 saturated carbocycles. The van der Waals surface area contributed by atoms with Gasteiger partial charge in [0.25, 0.3) is 0 Å². The van der Waals surface area contributed by atoms with Crippen molar-refractivity contribution in [1.82, 2.24) is 0 Å². The van der Waals surface area contributed by atoms with Crippen molar-refractivity contribution in [3.05, 3.63) is 0 Å². The van der Waals surface area contributed by atoms with Crippen LogP contribution in [0.3, 0.4) is 0 Å². The topological polar surface area (TPSA) is 37.3 Å². The summed E-state index contributed by atoms with van der Waals surface area (Å²) in [7, 11) is 0. The second-order valence-electron chi connectivity index (χ2n) is 4.71. The van der Waals surface area contributed by atoms with Crippen LogP contribution in [0.25, 0.3) is 0 Å². The van der Waals surface area contributed by atoms with Crippen molar-refractivity contribution >= 4 is 5.78 Å². The standard InChI is InChI=1S/C10H20O2/c1-7(2)8(11)6-9(12)10(3,4)5/h7,9,12H,6H2,1-5H3. The molecule has 0 aromatic rings. The molecule has 0 radical (unpaired) electrons. The Balaban J connectivity index is 4.02. The van der Waals surface area contributed by atoms with E-state index in [0.29, 0.717) is 0 Å². The van der Waals surface area contributed by atoms with E-state index >= 15 is 0 Å². The summed E-state index contributed by atoms with van der Waals surface area (Å²) in [5, 5.41) is 9.58. The lowest BCUT2D eigenvalue weighted by molar-refractivity contribution is -0.125. The summed E-state index contributed by atoms with van der Waals surface area (Å²) >= 11 is 0. The van der Waals surface area contributed by atoms with Gasteiger partial charge in [0.2, 0.25) is 0 Å². The molecule has 0 fully saturated rings. The molecule has 72 valence electrons. The van der Waals surface area contributed by atoms with E-state index in [1.54, 1.807) is 0 Å². The third-order valence-corrected chi connectivity index (χ3v) is 2.04. The maximum atomic E-state index is 11.2. The van der Waals surface area contributed by atoms with E-state index in [-0.39, 0.29) is 23.5 Å². The Labute approximate surface area is 75.0 Å². The summed E-state index contributed by atoms with van der Waals surface area (Å²) in [6.07, 6.45) is -0.242. The lowest BCUT2D eigenvalue weighted by Gasteiger charge is -2.25. The quantitative estimate of drug-likeness (QED) is 0.707. The van der Waals surface area contributed by atoms with Crippen molar-refractivity contribution in [2.45, 2.75) is 47.1 Å². The third-order valence-electron chi connectivity index (χ3n) is 2.04. The molecule has 12 heavy (non-hydrogen) atoms. The average Bonchev–Trinajstić information content (AvgIpc) is 1.85. The number of aliphatic hydroxyl groups excluding tert-OH is 1. The van der Waals surface area contributed by atoms with Crippen molar-refractivity contribution in [3.8, 4) is 0 Å². The Morgan fingerprint density at radius 1 is 1.33 bits per heavy atom. The Hall–Kier alpha value is -0.370. The first-order valence-electron chi connectivity index (χ1n) is 4.46. The summed E-state index contributed by atoms with van der Waals surface area (Å²) < 4.78 is 0. The molecule has 0 rings (SSSR count). The first-order chi connectivity index (χ1) is 5.25. The summed E-state index contributed by atoms with van der Waals surface area (Å²) in [6.45, 7) is 9.53. The summed E-state index contributed by atoms with van der Waals surface area (Å²) in [5.74, 6) is 0.166. The number of carbonyl (C=O) groups excluding carboxylic acids is 1. The summed E-state index contributed by atoms with van der Waals surface area (Å²) in [4.78, 5) is 11.2. The Kier molecular flexibility index (Phi) is 3.91. The smallest absolute Gasteiger partial charge is 0.138 e. The van der Waals surface area contributed by atoms with E-state index in [1.165, 1.54) is 0 Å². The van der Waals surface area contributed by atoms with Crippen LogP contribution in [-0.2, 0) is 4.79 Å². The van der Waals surface area contributed by atoms with E-state index in [9.17, 15) is 9.90 Å². The number of Topliss-reactive ketones (excluding diaryl/α,β-unsaturated/α-hetero) is 1. The van der Waals surface area contributed by atoms with Crippen LogP contribution in [0.2, 0.25) is 0 Å². The molecular weight excluding hydrogens is 152 g/mol. The second kappa shape index (κ2) is 4.04. The van der Waals surface area contributed by atoms with Gasteiger partial charge in [0.05, 0.1) is 6.10 Å². The fourth-order valence-corrected chi connectivity index (χ4v) is 0.732. The molecule has 0 aliphatic heterocycles. The van der Waals surface area contributed by atoms with Crippen molar-refractivity contribution < 1.29 is 9.90 Å². The van der Waals surface area contributed by atoms with Gasteiger partial charge in [0.1, 0.15) is 5.78 Å². The summed E-state index contributed by atoms with van der Waals surface area (Å²) in [6, 6.07) is 0. The van der Waals surface area contributed by atoms with E-state index in [4.69, 9.17) is 0 Å². The van der Waals surface area contributed by atoms with Crippen LogP contribution in [0.1, 0.15) is 41.0 Å². The highest BCUT2D eigenvalue weighted by molar-refractivity contribution is 5.80. The van der Waals surface area contributed by atoms with Gasteiger partial charge in [-0.2, -0.15) is 0 Å². The minimum Gasteiger partial charge on any atom is -0.392 e. The highest BCUT2D eigenvalue weighted by atomic mass is 16.3. The van der Waals surface area contributed by atoms with Gasteiger partial charge < -0.3 is 5.11 Å². The maximum Gasteiger partial charge on any atom is 0.138 e. The van der Waals surface area contributed by atoms with Crippen molar-refractivity contribution in [2.24, 2.45) is 11.3 Å². The predicted molar refractivity (Wildman–Crippen MR) is 49.9 cm³/mol. The summed E-state index contributed by atoms with van der Waals surface area (Å²) in [5.41, 5.74) is -0.190. The van der Waals surface area contributed by atoms with Gasteiger partial charge in [0, 0.05) is 12.3 Å². The van der Waals surface area contributed by atoms with Crippen molar-refractivity contribution in [1.29, 1.82) is 0 Å². The van der Waals surface area contributed by atoms with Crippen LogP contribution in [0.5, 0.6) is 0 Å². The van der Waals surface area contributed by atoms with E-state index in [0.717, 1.165) is 0 Å². The molecule has 0 aliphatic carbocycles. The molecule has 0 amide bonds. The van der Waals surface area contributed by atoms with Crippen LogP contribution in [-0.4, -0.2) is 17.0 Å². The van der Waals surface area contributed by atoms with E-state index in [1.807, 2.05) is 34.6 Å². The highest BCUT2D eigenvalue weighted by Gasteiger charge is 2.25. The SMILES string of the molecule is CC(C)C(=O)CC(O)C(C)(C)C. The number of rotatable bonds is 3. The Morgan fingerprint density at radius 3 is 2.00 bits per heavy atom. The monoisotopic (exact) mass is 172 g/mol. The second-order valence-corrected chi connectivity index (χ2v) is 4.71. The number of carbonyl (C=O) groups is 1. The molecule has 0 aromatic carbocycles. The number of hydrogen-bond donors (Lipinski definition) is 1. The van der Waals surface area contributed by atoms with Crippen LogP contribution >= 0.6 is 0 Å². The molecule has 0 aliphatic rings. The molecule has 0 bridgehead atoms. The van der Waals surface area contributed by atoms with Gasteiger partial charge in [-0.3, -0.25) is 4.79 Å². The molecule has 1 unspecified atom stereocenters. The third kappa shape index (κ3) is 3.86. The van der Waals surface area contributed by atoms with E-state index < -0.39 is 6.10 Å². The van der Waals surface area contributed by atoms with Gasteiger partial charge in [-0.25, -0.2) is 0 Å². The largest absolute Gasteiger partial charge is 0.392 e. The lowest BCUT2D eigenvalue weighted by Crippen LogP contribution is -2.29. The number of ketones is 1.